The molecule has 326 valence electrons. The summed E-state index contributed by atoms with van der Waals surface area (Å²) in [5, 5.41) is 15.9. The molecular weight excluding hydrogens is 804 g/mol. The minimum atomic E-state index is -1.10. The Bertz CT molecular complexity index is 2560. The summed E-state index contributed by atoms with van der Waals surface area (Å²) in [6, 6.07) is 18.6. The van der Waals surface area contributed by atoms with Crippen molar-refractivity contribution in [3.05, 3.63) is 94.9 Å². The van der Waals surface area contributed by atoms with E-state index in [4.69, 9.17) is 4.74 Å². The van der Waals surface area contributed by atoms with Crippen molar-refractivity contribution in [2.45, 2.75) is 71.6 Å². The number of halogens is 1. The van der Waals surface area contributed by atoms with E-state index >= 15 is 4.39 Å². The Balaban J connectivity index is 0.748. The van der Waals surface area contributed by atoms with Gasteiger partial charge in [-0.15, -0.1) is 0 Å². The van der Waals surface area contributed by atoms with Gasteiger partial charge in [0.15, 0.2) is 0 Å². The van der Waals surface area contributed by atoms with Gasteiger partial charge in [0.1, 0.15) is 29.8 Å². The molecule has 1 saturated carbocycles. The number of nitrogens with zero attached hydrogens (tertiary/aromatic N) is 6. The first-order valence-electron chi connectivity index (χ1n) is 21.8. The number of ether oxygens (including phenoxy) is 1. The first kappa shape index (κ1) is 41.9. The zero-order valence-corrected chi connectivity index (χ0v) is 35.9. The molecule has 4 aromatic rings. The minimum absolute atomic E-state index is 0.0151. The first-order chi connectivity index (χ1) is 30.1. The van der Waals surface area contributed by atoms with Crippen molar-refractivity contribution in [2.24, 2.45) is 16.7 Å². The number of piperazine rings is 1. The first-order valence-corrected chi connectivity index (χ1v) is 21.8. The number of hydrogen-bond donors (Lipinski definition) is 2. The van der Waals surface area contributed by atoms with Gasteiger partial charge < -0.3 is 19.9 Å². The molecule has 14 nitrogen and oxygen atoms in total. The standard InChI is InChI=1S/C48H51FN8O6/c1-47(2)45(48(3,4)46(47)63-38-13-9-30(26-50)40-32(38)6-5-17-51-40)53-41(59)29-7-10-31(11-8-29)55-18-15-28(16-19-55)27-54-20-22-56(23-21-54)37-25-34-33(24-35(37)49)43(61)57(44(34)62)36-12-14-39(58)52-42(36)60/h5-11,13,17,24-25,28,36,45-46H,12,14-16,18-23,27H2,1-4H3,(H,53,59)(H,52,58,60)/t36?,45-,46-. The molecule has 0 radical (unpaired) electrons. The summed E-state index contributed by atoms with van der Waals surface area (Å²) in [5.41, 5.74) is 2.29. The monoisotopic (exact) mass is 854 g/mol. The average molecular weight is 855 g/mol. The van der Waals surface area contributed by atoms with Crippen LogP contribution in [0.25, 0.3) is 10.9 Å². The maximum absolute atomic E-state index is 15.5. The van der Waals surface area contributed by atoms with Gasteiger partial charge in [0.05, 0.1) is 27.9 Å². The van der Waals surface area contributed by atoms with Crippen LogP contribution in [-0.4, -0.2) is 108 Å². The van der Waals surface area contributed by atoms with Crippen LogP contribution in [0.3, 0.4) is 0 Å². The lowest BCUT2D eigenvalue weighted by atomic mass is 9.49. The van der Waals surface area contributed by atoms with E-state index in [-0.39, 0.29) is 58.5 Å². The SMILES string of the molecule is CC1(C)[C@H](NC(=O)c2ccc(N3CCC(CN4CCN(c5cc6c(cc5F)C(=O)N(C5CCC(=O)NC5=O)C6=O)CC4)CC3)cc2)C(C)(C)[C@H]1Oc1ccc(C#N)c2ncccc12. The highest BCUT2D eigenvalue weighted by Crippen LogP contribution is 2.56. The number of benzene rings is 3. The Morgan fingerprint density at radius 3 is 2.24 bits per heavy atom. The Morgan fingerprint density at radius 2 is 1.57 bits per heavy atom. The highest BCUT2D eigenvalue weighted by molar-refractivity contribution is 6.23. The van der Waals surface area contributed by atoms with Crippen molar-refractivity contribution < 1.29 is 33.1 Å². The fourth-order valence-electron chi connectivity index (χ4n) is 10.9. The molecule has 9 rings (SSSR count). The largest absolute Gasteiger partial charge is 0.488 e. The molecule has 4 aliphatic heterocycles. The molecule has 63 heavy (non-hydrogen) atoms. The molecule has 0 spiro atoms. The van der Waals surface area contributed by atoms with Gasteiger partial charge in [0.2, 0.25) is 11.8 Å². The third-order valence-corrected chi connectivity index (χ3v) is 14.1. The van der Waals surface area contributed by atoms with Gasteiger partial charge in [0.25, 0.3) is 17.7 Å². The normalized spacial score (nSPS) is 23.6. The van der Waals surface area contributed by atoms with E-state index in [1.807, 2.05) is 47.4 Å². The summed E-state index contributed by atoms with van der Waals surface area (Å²) in [4.78, 5) is 76.2. The maximum atomic E-state index is 15.5. The van der Waals surface area contributed by atoms with E-state index in [2.05, 4.69) is 59.2 Å². The number of imide groups is 2. The van der Waals surface area contributed by atoms with E-state index in [9.17, 15) is 29.2 Å². The van der Waals surface area contributed by atoms with Crippen LogP contribution in [0.5, 0.6) is 5.75 Å². The molecule has 0 bridgehead atoms. The molecule has 1 aromatic heterocycles. The third-order valence-electron chi connectivity index (χ3n) is 14.1. The number of nitriles is 1. The summed E-state index contributed by atoms with van der Waals surface area (Å²) >= 11 is 0. The van der Waals surface area contributed by atoms with Gasteiger partial charge in [-0.3, -0.25) is 44.1 Å². The van der Waals surface area contributed by atoms with Crippen molar-refractivity contribution in [1.82, 2.24) is 25.4 Å². The Kier molecular flexibility index (Phi) is 10.7. The second kappa shape index (κ2) is 16.1. The summed E-state index contributed by atoms with van der Waals surface area (Å²) in [7, 11) is 0. The quantitative estimate of drug-likeness (QED) is 0.210. The zero-order chi connectivity index (χ0) is 44.4. The topological polar surface area (TPSA) is 168 Å². The Hall–Kier alpha value is -6.40. The van der Waals surface area contributed by atoms with Crippen molar-refractivity contribution in [2.75, 3.05) is 55.6 Å². The van der Waals surface area contributed by atoms with Gasteiger partial charge in [-0.25, -0.2) is 4.39 Å². The van der Waals surface area contributed by atoms with Gasteiger partial charge in [-0.05, 0) is 85.8 Å². The number of rotatable bonds is 9. The van der Waals surface area contributed by atoms with Gasteiger partial charge >= 0.3 is 0 Å². The minimum Gasteiger partial charge on any atom is -0.488 e. The molecule has 1 atom stereocenters. The van der Waals surface area contributed by atoms with Gasteiger partial charge in [-0.2, -0.15) is 5.26 Å². The van der Waals surface area contributed by atoms with Crippen molar-refractivity contribution in [3.8, 4) is 11.8 Å². The van der Waals surface area contributed by atoms with Crippen molar-refractivity contribution >= 4 is 51.8 Å². The maximum Gasteiger partial charge on any atom is 0.262 e. The van der Waals surface area contributed by atoms with Gasteiger partial charge in [-0.1, -0.05) is 27.7 Å². The fraction of sp³-hybridized carbons (Fsp3) is 0.438. The van der Waals surface area contributed by atoms with Crippen LogP contribution in [0.1, 0.15) is 90.0 Å². The van der Waals surface area contributed by atoms with Crippen molar-refractivity contribution in [3.63, 3.8) is 0 Å². The number of aromatic nitrogens is 1. The molecule has 4 fully saturated rings. The number of piperidine rings is 2. The Labute approximate surface area is 365 Å². The summed E-state index contributed by atoms with van der Waals surface area (Å²) in [6.07, 6.45) is 3.56. The highest BCUT2D eigenvalue weighted by atomic mass is 19.1. The van der Waals surface area contributed by atoms with Crippen LogP contribution in [-0.2, 0) is 9.59 Å². The molecule has 5 heterocycles. The van der Waals surface area contributed by atoms with Gasteiger partial charge in [0, 0.05) is 91.9 Å². The van der Waals surface area contributed by atoms with Crippen LogP contribution in [0.15, 0.2) is 66.9 Å². The molecule has 15 heteroatoms. The van der Waals surface area contributed by atoms with E-state index < -0.39 is 35.5 Å². The summed E-state index contributed by atoms with van der Waals surface area (Å²) < 4.78 is 22.1. The zero-order valence-electron chi connectivity index (χ0n) is 35.9. The second-order valence-electron chi connectivity index (χ2n) is 18.7. The van der Waals surface area contributed by atoms with E-state index in [1.54, 1.807) is 12.3 Å². The smallest absolute Gasteiger partial charge is 0.262 e. The van der Waals surface area contributed by atoms with E-state index in [0.29, 0.717) is 41.4 Å². The fourth-order valence-corrected chi connectivity index (χ4v) is 10.9. The lowest BCUT2D eigenvalue weighted by Crippen LogP contribution is -2.74. The van der Waals surface area contributed by atoms with Crippen LogP contribution in [0, 0.1) is 33.9 Å². The molecule has 2 N–H and O–H groups in total. The van der Waals surface area contributed by atoms with E-state index in [0.717, 1.165) is 67.6 Å². The Morgan fingerprint density at radius 1 is 0.889 bits per heavy atom. The molecule has 5 aliphatic rings. The highest BCUT2D eigenvalue weighted by Gasteiger charge is 2.64. The number of pyridine rings is 1. The molecular formula is C48H51FN8O6. The second-order valence-corrected chi connectivity index (χ2v) is 18.7. The van der Waals surface area contributed by atoms with Crippen molar-refractivity contribution in [1.29, 1.82) is 5.26 Å². The number of hydrogen-bond acceptors (Lipinski definition) is 11. The number of carbonyl (C=O) groups excluding carboxylic acids is 5. The summed E-state index contributed by atoms with van der Waals surface area (Å²) in [6.45, 7) is 13.7. The predicted octanol–water partition coefficient (Wildman–Crippen LogP) is 5.30. The van der Waals surface area contributed by atoms with Crippen LogP contribution < -0.4 is 25.2 Å². The molecule has 1 unspecified atom stereocenters. The lowest BCUT2D eigenvalue weighted by Gasteiger charge is -2.63. The number of amides is 5. The molecule has 5 amide bonds. The lowest BCUT2D eigenvalue weighted by molar-refractivity contribution is -0.163. The number of nitrogens with one attached hydrogen (secondary N) is 2. The molecule has 1 aliphatic carbocycles. The third kappa shape index (κ3) is 7.43. The number of fused-ring (bicyclic) bond motifs is 2. The van der Waals surface area contributed by atoms with Crippen LogP contribution in [0.2, 0.25) is 0 Å². The van der Waals surface area contributed by atoms with E-state index in [1.165, 1.54) is 6.07 Å². The number of carbonyl (C=O) groups is 5. The summed E-state index contributed by atoms with van der Waals surface area (Å²) in [5.74, 6) is -2.07. The molecule has 3 saturated heterocycles. The van der Waals surface area contributed by atoms with Crippen LogP contribution >= 0.6 is 0 Å². The number of anilines is 2. The van der Waals surface area contributed by atoms with Crippen LogP contribution in [0.4, 0.5) is 15.8 Å². The average Bonchev–Trinajstić information content (AvgIpc) is 3.51. The predicted molar refractivity (Wildman–Crippen MR) is 233 cm³/mol. The molecule has 3 aromatic carbocycles.